The number of thiophene rings is 1. The smallest absolute Gasteiger partial charge is 0.173 e. The van der Waals surface area contributed by atoms with Crippen LogP contribution < -0.4 is 9.64 Å². The molecule has 1 atom stereocenters. The van der Waals surface area contributed by atoms with Gasteiger partial charge in [-0.2, -0.15) is 0 Å². The number of ether oxygens (including phenoxy) is 1. The molecule has 0 N–H and O–H groups in total. The molecule has 0 bridgehead atoms. The number of benzene rings is 2. The van der Waals surface area contributed by atoms with E-state index in [4.69, 9.17) is 4.74 Å². The van der Waals surface area contributed by atoms with Crippen LogP contribution in [0, 0.1) is 13.8 Å². The first-order valence-electron chi connectivity index (χ1n) is 11.6. The molecule has 4 aromatic rings. The van der Waals surface area contributed by atoms with E-state index in [1.165, 1.54) is 21.7 Å². The van der Waals surface area contributed by atoms with Gasteiger partial charge in [-0.05, 0) is 59.0 Å². The number of nitrogens with zero attached hydrogens (tertiary/aromatic N) is 6. The Morgan fingerprint density at radius 1 is 0.971 bits per heavy atom. The van der Waals surface area contributed by atoms with Crippen LogP contribution in [0.1, 0.15) is 33.4 Å². The van der Waals surface area contributed by atoms with Crippen LogP contribution >= 0.6 is 11.3 Å². The van der Waals surface area contributed by atoms with Crippen LogP contribution in [0.5, 0.6) is 5.75 Å². The van der Waals surface area contributed by atoms with Crippen LogP contribution in [0.2, 0.25) is 0 Å². The summed E-state index contributed by atoms with van der Waals surface area (Å²) in [5.41, 5.74) is 5.11. The van der Waals surface area contributed by atoms with Crippen LogP contribution in [0.15, 0.2) is 60.0 Å². The Bertz CT molecular complexity index is 1230. The van der Waals surface area contributed by atoms with Crippen molar-refractivity contribution in [3.8, 4) is 5.75 Å². The molecule has 8 heteroatoms. The summed E-state index contributed by atoms with van der Waals surface area (Å²) >= 11 is 1.72. The van der Waals surface area contributed by atoms with E-state index in [0.29, 0.717) is 6.54 Å². The molecule has 5 rings (SSSR count). The van der Waals surface area contributed by atoms with Crippen LogP contribution in [-0.2, 0) is 6.54 Å². The van der Waals surface area contributed by atoms with Crippen molar-refractivity contribution in [2.24, 2.45) is 0 Å². The lowest BCUT2D eigenvalue weighted by Crippen LogP contribution is -2.48. The largest absolute Gasteiger partial charge is 0.496 e. The molecule has 1 saturated heterocycles. The maximum Gasteiger partial charge on any atom is 0.173 e. The molecular weight excluding hydrogens is 444 g/mol. The van der Waals surface area contributed by atoms with Gasteiger partial charge in [0.05, 0.1) is 13.7 Å². The van der Waals surface area contributed by atoms with Gasteiger partial charge in [0.2, 0.25) is 0 Å². The standard InChI is InChI=1S/C26H30N6OS/c1-19-8-6-11-23(20(19)2)30-13-15-31(16-14-30)25(22-10-4-5-12-24(22)33-3)26-27-28-29-32(26)18-21-9-7-17-34-21/h4-12,17,25H,13-16,18H2,1-3H3/t25-/m1/s1. The molecule has 1 aliphatic rings. The van der Waals surface area contributed by atoms with Crippen LogP contribution in [0.4, 0.5) is 5.69 Å². The predicted octanol–water partition coefficient (Wildman–Crippen LogP) is 4.32. The lowest BCUT2D eigenvalue weighted by atomic mass is 10.0. The molecule has 0 saturated carbocycles. The van der Waals surface area contributed by atoms with Crippen molar-refractivity contribution in [1.82, 2.24) is 25.1 Å². The normalized spacial score (nSPS) is 15.4. The van der Waals surface area contributed by atoms with Crippen molar-refractivity contribution >= 4 is 17.0 Å². The van der Waals surface area contributed by atoms with E-state index in [9.17, 15) is 0 Å². The van der Waals surface area contributed by atoms with Gasteiger partial charge in [0.15, 0.2) is 5.82 Å². The Morgan fingerprint density at radius 3 is 2.56 bits per heavy atom. The SMILES string of the molecule is COc1ccccc1[C@H](c1nnnn1Cc1cccs1)N1CCN(c2cccc(C)c2C)CC1. The van der Waals surface area contributed by atoms with Crippen LogP contribution in [0.3, 0.4) is 0 Å². The monoisotopic (exact) mass is 474 g/mol. The summed E-state index contributed by atoms with van der Waals surface area (Å²) in [6.45, 7) is 8.76. The molecule has 7 nitrogen and oxygen atoms in total. The minimum atomic E-state index is -0.0909. The Labute approximate surface area is 204 Å². The summed E-state index contributed by atoms with van der Waals surface area (Å²) in [5, 5.41) is 15.0. The maximum atomic E-state index is 5.77. The second kappa shape index (κ2) is 9.95. The fraction of sp³-hybridized carbons (Fsp3) is 0.346. The fourth-order valence-electron chi connectivity index (χ4n) is 4.76. The Kier molecular flexibility index (Phi) is 6.60. The number of para-hydroxylation sites is 1. The van der Waals surface area contributed by atoms with Crippen molar-refractivity contribution in [1.29, 1.82) is 0 Å². The zero-order chi connectivity index (χ0) is 23.5. The third kappa shape index (κ3) is 4.43. The topological polar surface area (TPSA) is 59.3 Å². The van der Waals surface area contributed by atoms with Gasteiger partial charge < -0.3 is 9.64 Å². The third-order valence-electron chi connectivity index (χ3n) is 6.72. The molecule has 0 spiro atoms. The third-order valence-corrected chi connectivity index (χ3v) is 7.58. The number of aryl methyl sites for hydroxylation is 1. The summed E-state index contributed by atoms with van der Waals surface area (Å²) in [5.74, 6) is 1.70. The van der Waals surface area contributed by atoms with Gasteiger partial charge >= 0.3 is 0 Å². The highest BCUT2D eigenvalue weighted by molar-refractivity contribution is 7.09. The lowest BCUT2D eigenvalue weighted by Gasteiger charge is -2.40. The van der Waals surface area contributed by atoms with E-state index < -0.39 is 0 Å². The maximum absolute atomic E-state index is 5.77. The van der Waals surface area contributed by atoms with E-state index >= 15 is 0 Å². The van der Waals surface area contributed by atoms with E-state index in [2.05, 4.69) is 87.0 Å². The van der Waals surface area contributed by atoms with Crippen molar-refractivity contribution in [3.63, 3.8) is 0 Å². The molecule has 2 aromatic carbocycles. The molecule has 34 heavy (non-hydrogen) atoms. The van der Waals surface area contributed by atoms with Gasteiger partial charge in [-0.1, -0.05) is 36.4 Å². The number of rotatable bonds is 7. The van der Waals surface area contributed by atoms with Crippen molar-refractivity contribution in [3.05, 3.63) is 87.4 Å². The molecule has 1 aliphatic heterocycles. The minimum absolute atomic E-state index is 0.0909. The van der Waals surface area contributed by atoms with Crippen LogP contribution in [-0.4, -0.2) is 58.4 Å². The summed E-state index contributed by atoms with van der Waals surface area (Å²) < 4.78 is 7.70. The molecule has 0 unspecified atom stereocenters. The number of tetrazole rings is 1. The lowest BCUT2D eigenvalue weighted by molar-refractivity contribution is 0.198. The van der Waals surface area contributed by atoms with Gasteiger partial charge in [-0.3, -0.25) is 4.90 Å². The number of hydrogen-bond acceptors (Lipinski definition) is 7. The second-order valence-electron chi connectivity index (χ2n) is 8.66. The second-order valence-corrected chi connectivity index (χ2v) is 9.69. The van der Waals surface area contributed by atoms with E-state index in [1.807, 2.05) is 16.8 Å². The summed E-state index contributed by atoms with van der Waals surface area (Å²) in [7, 11) is 1.73. The molecule has 3 heterocycles. The molecule has 176 valence electrons. The van der Waals surface area contributed by atoms with Crippen molar-refractivity contribution in [2.75, 3.05) is 38.2 Å². The van der Waals surface area contributed by atoms with E-state index in [-0.39, 0.29) is 6.04 Å². The molecular formula is C26H30N6OS. The number of piperazine rings is 1. The minimum Gasteiger partial charge on any atom is -0.496 e. The van der Waals surface area contributed by atoms with E-state index in [1.54, 1.807) is 18.4 Å². The number of anilines is 1. The average Bonchev–Trinajstić information content (AvgIpc) is 3.55. The molecule has 0 radical (unpaired) electrons. The first-order chi connectivity index (χ1) is 16.7. The molecule has 0 aliphatic carbocycles. The number of methoxy groups -OCH3 is 1. The Balaban J connectivity index is 1.46. The highest BCUT2D eigenvalue weighted by Crippen LogP contribution is 2.35. The highest BCUT2D eigenvalue weighted by Gasteiger charge is 2.32. The fourth-order valence-corrected chi connectivity index (χ4v) is 5.45. The highest BCUT2D eigenvalue weighted by atomic mass is 32.1. The Morgan fingerprint density at radius 2 is 1.79 bits per heavy atom. The van der Waals surface area contributed by atoms with Gasteiger partial charge in [0, 0.05) is 42.3 Å². The summed E-state index contributed by atoms with van der Waals surface area (Å²) in [6, 6.07) is 18.9. The Hall–Kier alpha value is -3.23. The first kappa shape index (κ1) is 22.6. The summed E-state index contributed by atoms with van der Waals surface area (Å²) in [4.78, 5) is 6.20. The summed E-state index contributed by atoms with van der Waals surface area (Å²) in [6.07, 6.45) is 0. The van der Waals surface area contributed by atoms with Crippen LogP contribution in [0.25, 0.3) is 0 Å². The van der Waals surface area contributed by atoms with Gasteiger partial charge in [0.1, 0.15) is 11.8 Å². The molecule has 1 fully saturated rings. The quantitative estimate of drug-likeness (QED) is 0.398. The zero-order valence-corrected chi connectivity index (χ0v) is 20.7. The molecule has 0 amide bonds. The zero-order valence-electron chi connectivity index (χ0n) is 19.9. The predicted molar refractivity (Wildman–Crippen MR) is 136 cm³/mol. The van der Waals surface area contributed by atoms with Crippen molar-refractivity contribution in [2.45, 2.75) is 26.4 Å². The number of aromatic nitrogens is 4. The van der Waals surface area contributed by atoms with Gasteiger partial charge in [0.25, 0.3) is 0 Å². The first-order valence-corrected chi connectivity index (χ1v) is 12.5. The van der Waals surface area contributed by atoms with Gasteiger partial charge in [-0.15, -0.1) is 16.4 Å². The average molecular weight is 475 g/mol. The number of hydrogen-bond donors (Lipinski definition) is 0. The van der Waals surface area contributed by atoms with Crippen molar-refractivity contribution < 1.29 is 4.74 Å². The van der Waals surface area contributed by atoms with Gasteiger partial charge in [-0.25, -0.2) is 4.68 Å². The molecule has 2 aromatic heterocycles. The van der Waals surface area contributed by atoms with E-state index in [0.717, 1.165) is 43.3 Å².